The Balaban J connectivity index is 1.77. The number of hydrogen-bond acceptors (Lipinski definition) is 3. The fourth-order valence-corrected chi connectivity index (χ4v) is 5.30. The van der Waals surface area contributed by atoms with Crippen molar-refractivity contribution >= 4 is 21.9 Å². The summed E-state index contributed by atoms with van der Waals surface area (Å²) in [4.78, 5) is 12.1. The van der Waals surface area contributed by atoms with E-state index in [0.717, 1.165) is 34.2 Å². The molecule has 4 heteroatoms. The highest BCUT2D eigenvalue weighted by atomic mass is 79.9. The van der Waals surface area contributed by atoms with E-state index in [0.29, 0.717) is 18.8 Å². The van der Waals surface area contributed by atoms with Crippen LogP contribution >= 0.6 is 15.9 Å². The van der Waals surface area contributed by atoms with Crippen LogP contribution in [-0.4, -0.2) is 24.5 Å². The van der Waals surface area contributed by atoms with Gasteiger partial charge in [-0.05, 0) is 89.1 Å². The van der Waals surface area contributed by atoms with Gasteiger partial charge in [0.25, 0.3) is 0 Å². The smallest absolute Gasteiger partial charge is 0.338 e. The normalized spacial score (nSPS) is 15.7. The first-order valence-electron chi connectivity index (χ1n) is 12.9. The Labute approximate surface area is 224 Å². The Kier molecular flexibility index (Phi) is 7.94. The van der Waals surface area contributed by atoms with Crippen LogP contribution in [0.5, 0.6) is 5.75 Å². The highest BCUT2D eigenvalue weighted by Gasteiger charge is 2.37. The third-order valence-corrected chi connectivity index (χ3v) is 7.97. The highest BCUT2D eigenvalue weighted by Crippen LogP contribution is 2.47. The summed E-state index contributed by atoms with van der Waals surface area (Å²) in [5, 5.41) is 0.912. The second-order valence-electron chi connectivity index (χ2n) is 10.9. The summed E-state index contributed by atoms with van der Waals surface area (Å²) >= 11 is 3.51. The van der Waals surface area contributed by atoms with Crippen molar-refractivity contribution in [3.63, 3.8) is 0 Å². The van der Waals surface area contributed by atoms with Gasteiger partial charge in [0.05, 0.1) is 18.8 Å². The number of alkyl halides is 1. The van der Waals surface area contributed by atoms with E-state index in [-0.39, 0.29) is 16.8 Å². The zero-order valence-electron chi connectivity index (χ0n) is 22.1. The Bertz CT molecular complexity index is 1220. The molecule has 4 rings (SSSR count). The highest BCUT2D eigenvalue weighted by molar-refractivity contribution is 9.09. The number of esters is 1. The van der Waals surface area contributed by atoms with Gasteiger partial charge >= 0.3 is 5.97 Å². The maximum atomic E-state index is 12.1. The molecule has 0 fully saturated rings. The standard InChI is InChI=1S/C32H37BrO3/c1-6-35-30(34)23-10-8-22(9-11-23)24-13-15-29(36-19-7-18-33)26(20-24)25-12-14-27-28(21-25)32(4,5)17-16-31(27,2)3/h8-15,20-21H,6-7,16-19H2,1-5H3. The molecular formula is C32H37BrO3. The Morgan fingerprint density at radius 1 is 0.833 bits per heavy atom. The predicted octanol–water partition coefficient (Wildman–Crippen LogP) is 8.71. The predicted molar refractivity (Wildman–Crippen MR) is 152 cm³/mol. The summed E-state index contributed by atoms with van der Waals surface area (Å²) in [7, 11) is 0. The molecular weight excluding hydrogens is 512 g/mol. The fraction of sp³-hybridized carbons (Fsp3) is 0.406. The molecule has 36 heavy (non-hydrogen) atoms. The molecule has 0 aromatic heterocycles. The van der Waals surface area contributed by atoms with Gasteiger partial charge in [-0.3, -0.25) is 0 Å². The molecule has 0 amide bonds. The summed E-state index contributed by atoms with van der Waals surface area (Å²) in [5.74, 6) is 0.607. The molecule has 0 aliphatic heterocycles. The molecule has 0 saturated carbocycles. The number of fused-ring (bicyclic) bond motifs is 1. The first-order valence-corrected chi connectivity index (χ1v) is 14.0. The molecule has 3 nitrogen and oxygen atoms in total. The van der Waals surface area contributed by atoms with Crippen LogP contribution in [0.25, 0.3) is 22.3 Å². The van der Waals surface area contributed by atoms with Crippen LogP contribution in [0.3, 0.4) is 0 Å². The second kappa shape index (κ2) is 10.8. The van der Waals surface area contributed by atoms with E-state index in [9.17, 15) is 4.79 Å². The van der Waals surface area contributed by atoms with E-state index >= 15 is 0 Å². The van der Waals surface area contributed by atoms with Gasteiger partial charge in [-0.1, -0.05) is 80.0 Å². The summed E-state index contributed by atoms with van der Waals surface area (Å²) in [5.41, 5.74) is 8.19. The topological polar surface area (TPSA) is 35.5 Å². The minimum atomic E-state index is -0.292. The molecule has 0 atom stereocenters. The monoisotopic (exact) mass is 548 g/mol. The van der Waals surface area contributed by atoms with Crippen LogP contribution in [0.1, 0.15) is 75.4 Å². The van der Waals surface area contributed by atoms with Crippen molar-refractivity contribution < 1.29 is 14.3 Å². The molecule has 190 valence electrons. The maximum Gasteiger partial charge on any atom is 0.338 e. The lowest BCUT2D eigenvalue weighted by molar-refractivity contribution is 0.0526. The van der Waals surface area contributed by atoms with Crippen LogP contribution in [0.15, 0.2) is 60.7 Å². The van der Waals surface area contributed by atoms with E-state index in [2.05, 4.69) is 80.0 Å². The SMILES string of the molecule is CCOC(=O)c1ccc(-c2ccc(OCCCBr)c(-c3ccc4c(c3)C(C)(C)CCC4(C)C)c2)cc1. The number of benzene rings is 3. The van der Waals surface area contributed by atoms with Crippen LogP contribution in [-0.2, 0) is 15.6 Å². The molecule has 0 spiro atoms. The van der Waals surface area contributed by atoms with Crippen molar-refractivity contribution in [2.24, 2.45) is 0 Å². The van der Waals surface area contributed by atoms with Crippen molar-refractivity contribution in [3.05, 3.63) is 77.4 Å². The van der Waals surface area contributed by atoms with Gasteiger partial charge in [-0.2, -0.15) is 0 Å². The molecule has 3 aromatic carbocycles. The number of rotatable bonds is 8. The zero-order chi connectivity index (χ0) is 25.9. The van der Waals surface area contributed by atoms with Crippen molar-refractivity contribution in [1.82, 2.24) is 0 Å². The van der Waals surface area contributed by atoms with Crippen LogP contribution in [0, 0.1) is 0 Å². The quantitative estimate of drug-likeness (QED) is 0.160. The third kappa shape index (κ3) is 5.54. The second-order valence-corrected chi connectivity index (χ2v) is 11.7. The summed E-state index contributed by atoms with van der Waals surface area (Å²) in [6.07, 6.45) is 3.32. The van der Waals surface area contributed by atoms with E-state index < -0.39 is 0 Å². The third-order valence-electron chi connectivity index (χ3n) is 7.41. The lowest BCUT2D eigenvalue weighted by Gasteiger charge is -2.42. The van der Waals surface area contributed by atoms with E-state index in [4.69, 9.17) is 9.47 Å². The first kappa shape index (κ1) is 26.5. The molecule has 0 N–H and O–H groups in total. The Morgan fingerprint density at radius 3 is 2.14 bits per heavy atom. The number of carbonyl (C=O) groups is 1. The fourth-order valence-electron chi connectivity index (χ4n) is 5.07. The summed E-state index contributed by atoms with van der Waals surface area (Å²) in [6, 6.07) is 21.0. The number of halogens is 1. The van der Waals surface area contributed by atoms with Crippen LogP contribution < -0.4 is 4.74 Å². The molecule has 0 heterocycles. The van der Waals surface area contributed by atoms with Crippen molar-refractivity contribution in [2.45, 2.75) is 64.7 Å². The lowest BCUT2D eigenvalue weighted by atomic mass is 9.63. The minimum absolute atomic E-state index is 0.137. The van der Waals surface area contributed by atoms with E-state index in [1.165, 1.54) is 29.5 Å². The summed E-state index contributed by atoms with van der Waals surface area (Å²) in [6.45, 7) is 12.3. The van der Waals surface area contributed by atoms with Crippen LogP contribution in [0.4, 0.5) is 0 Å². The van der Waals surface area contributed by atoms with E-state index in [1.807, 2.05) is 31.2 Å². The van der Waals surface area contributed by atoms with Gasteiger partial charge in [-0.15, -0.1) is 0 Å². The lowest BCUT2D eigenvalue weighted by Crippen LogP contribution is -2.33. The number of hydrogen-bond donors (Lipinski definition) is 0. The van der Waals surface area contributed by atoms with Crippen molar-refractivity contribution in [1.29, 1.82) is 0 Å². The molecule has 0 unspecified atom stereocenters. The molecule has 0 radical (unpaired) electrons. The average molecular weight is 550 g/mol. The maximum absolute atomic E-state index is 12.1. The number of ether oxygens (including phenoxy) is 2. The Hall–Kier alpha value is -2.59. The molecule has 0 bridgehead atoms. The first-order chi connectivity index (χ1) is 17.2. The van der Waals surface area contributed by atoms with Gasteiger partial charge < -0.3 is 9.47 Å². The van der Waals surface area contributed by atoms with Gasteiger partial charge in [-0.25, -0.2) is 4.79 Å². The zero-order valence-corrected chi connectivity index (χ0v) is 23.7. The van der Waals surface area contributed by atoms with Crippen molar-refractivity contribution in [3.8, 4) is 28.0 Å². The van der Waals surface area contributed by atoms with Gasteiger partial charge in [0.2, 0.25) is 0 Å². The van der Waals surface area contributed by atoms with Crippen molar-refractivity contribution in [2.75, 3.05) is 18.5 Å². The van der Waals surface area contributed by atoms with Gasteiger partial charge in [0, 0.05) is 10.9 Å². The Morgan fingerprint density at radius 2 is 1.47 bits per heavy atom. The molecule has 0 saturated heterocycles. The summed E-state index contributed by atoms with van der Waals surface area (Å²) < 4.78 is 11.4. The largest absolute Gasteiger partial charge is 0.493 e. The average Bonchev–Trinajstić information content (AvgIpc) is 2.87. The van der Waals surface area contributed by atoms with Gasteiger partial charge in [0.15, 0.2) is 0 Å². The molecule has 1 aliphatic rings. The molecule has 3 aromatic rings. The molecule has 1 aliphatic carbocycles. The number of carbonyl (C=O) groups excluding carboxylic acids is 1. The van der Waals surface area contributed by atoms with Gasteiger partial charge in [0.1, 0.15) is 5.75 Å². The van der Waals surface area contributed by atoms with E-state index in [1.54, 1.807) is 0 Å². The van der Waals surface area contributed by atoms with Crippen LogP contribution in [0.2, 0.25) is 0 Å². The minimum Gasteiger partial charge on any atom is -0.493 e.